The Bertz CT molecular complexity index is 1390. The van der Waals surface area contributed by atoms with Crippen LogP contribution in [0.1, 0.15) is 13.3 Å². The SMILES string of the molecule is CC(OC(=O)CCn1c(=O)oc2ccccc21)C(=O)Nc1nc(-c2ccc(F)c(F)c2)cs1. The predicted octanol–water partition coefficient (Wildman–Crippen LogP) is 3.96. The quantitative estimate of drug-likeness (QED) is 0.408. The van der Waals surface area contributed by atoms with Crippen molar-refractivity contribution in [3.05, 3.63) is 70.0 Å². The van der Waals surface area contributed by atoms with Crippen molar-refractivity contribution in [2.75, 3.05) is 5.32 Å². The van der Waals surface area contributed by atoms with Gasteiger partial charge in [-0.3, -0.25) is 19.5 Å². The Labute approximate surface area is 189 Å². The van der Waals surface area contributed by atoms with Crippen molar-refractivity contribution in [3.63, 3.8) is 0 Å². The minimum Gasteiger partial charge on any atom is -0.452 e. The average molecular weight is 473 g/mol. The molecule has 8 nitrogen and oxygen atoms in total. The first-order valence-corrected chi connectivity index (χ1v) is 10.7. The molecular weight excluding hydrogens is 456 g/mol. The number of nitrogens with one attached hydrogen (secondary N) is 1. The lowest BCUT2D eigenvalue weighted by Gasteiger charge is -2.12. The van der Waals surface area contributed by atoms with Crippen LogP contribution in [0.4, 0.5) is 13.9 Å². The summed E-state index contributed by atoms with van der Waals surface area (Å²) in [6.07, 6.45) is -1.26. The van der Waals surface area contributed by atoms with Crippen LogP contribution in [0.25, 0.3) is 22.4 Å². The molecule has 2 aromatic carbocycles. The number of para-hydroxylation sites is 2. The lowest BCUT2D eigenvalue weighted by atomic mass is 10.2. The fourth-order valence-electron chi connectivity index (χ4n) is 3.06. The summed E-state index contributed by atoms with van der Waals surface area (Å²) in [5.41, 5.74) is 1.68. The number of amides is 1. The van der Waals surface area contributed by atoms with Crippen LogP contribution in [0.15, 0.2) is 57.1 Å². The van der Waals surface area contributed by atoms with E-state index in [1.807, 2.05) is 0 Å². The summed E-state index contributed by atoms with van der Waals surface area (Å²) >= 11 is 1.08. The molecule has 1 amide bonds. The molecule has 2 heterocycles. The molecule has 1 N–H and O–H groups in total. The summed E-state index contributed by atoms with van der Waals surface area (Å²) in [7, 11) is 0. The number of oxazole rings is 1. The van der Waals surface area contributed by atoms with E-state index in [1.165, 1.54) is 17.6 Å². The van der Waals surface area contributed by atoms with Crippen molar-refractivity contribution in [3.8, 4) is 11.3 Å². The predicted molar refractivity (Wildman–Crippen MR) is 117 cm³/mol. The van der Waals surface area contributed by atoms with Gasteiger partial charge in [0.25, 0.3) is 5.91 Å². The summed E-state index contributed by atoms with van der Waals surface area (Å²) in [6.45, 7) is 1.43. The van der Waals surface area contributed by atoms with Gasteiger partial charge in [-0.2, -0.15) is 0 Å². The van der Waals surface area contributed by atoms with Gasteiger partial charge >= 0.3 is 11.7 Å². The fraction of sp³-hybridized carbons (Fsp3) is 0.182. The third kappa shape index (κ3) is 4.98. The number of esters is 1. The molecule has 0 saturated heterocycles. The Balaban J connectivity index is 1.32. The second kappa shape index (κ2) is 9.33. The second-order valence-electron chi connectivity index (χ2n) is 7.03. The Kier molecular flexibility index (Phi) is 6.31. The van der Waals surface area contributed by atoms with Gasteiger partial charge in [-0.1, -0.05) is 12.1 Å². The van der Waals surface area contributed by atoms with Gasteiger partial charge in [-0.05, 0) is 37.3 Å². The van der Waals surface area contributed by atoms with Gasteiger partial charge in [0.05, 0.1) is 17.6 Å². The summed E-state index contributed by atoms with van der Waals surface area (Å²) in [6, 6.07) is 10.2. The molecule has 0 fully saturated rings. The number of hydrogen-bond acceptors (Lipinski definition) is 7. The largest absolute Gasteiger partial charge is 0.452 e. The number of halogens is 2. The van der Waals surface area contributed by atoms with E-state index in [4.69, 9.17) is 9.15 Å². The van der Waals surface area contributed by atoms with Crippen LogP contribution >= 0.6 is 11.3 Å². The number of carbonyl (C=O) groups is 2. The molecule has 1 unspecified atom stereocenters. The molecule has 11 heteroatoms. The molecule has 1 atom stereocenters. The highest BCUT2D eigenvalue weighted by Crippen LogP contribution is 2.26. The third-order valence-corrected chi connectivity index (χ3v) is 5.50. The van der Waals surface area contributed by atoms with Crippen LogP contribution in [0.3, 0.4) is 0 Å². The topological polar surface area (TPSA) is 103 Å². The zero-order valence-electron chi connectivity index (χ0n) is 17.2. The fourth-order valence-corrected chi connectivity index (χ4v) is 3.79. The number of fused-ring (bicyclic) bond motifs is 1. The monoisotopic (exact) mass is 473 g/mol. The average Bonchev–Trinajstić information content (AvgIpc) is 3.37. The molecule has 0 aliphatic heterocycles. The Hall–Kier alpha value is -3.86. The zero-order chi connectivity index (χ0) is 23.5. The van der Waals surface area contributed by atoms with Gasteiger partial charge in [-0.25, -0.2) is 18.6 Å². The standard InChI is InChI=1S/C22H17F2N3O5S/c1-12(31-19(28)8-9-27-17-4-2-3-5-18(17)32-22(27)30)20(29)26-21-25-16(11-33-21)13-6-7-14(23)15(24)10-13/h2-7,10-12H,8-9H2,1H3,(H,25,26,29). The molecule has 4 rings (SSSR count). The minimum absolute atomic E-state index is 0.0348. The van der Waals surface area contributed by atoms with E-state index < -0.39 is 35.4 Å². The number of thiazole rings is 1. The molecule has 0 bridgehead atoms. The van der Waals surface area contributed by atoms with Crippen LogP contribution in [0.2, 0.25) is 0 Å². The maximum Gasteiger partial charge on any atom is 0.419 e. The normalized spacial score (nSPS) is 12.0. The van der Waals surface area contributed by atoms with E-state index in [0.29, 0.717) is 22.4 Å². The molecule has 0 aliphatic rings. The van der Waals surface area contributed by atoms with Crippen molar-refractivity contribution < 1.29 is 27.5 Å². The van der Waals surface area contributed by atoms with E-state index in [1.54, 1.807) is 29.6 Å². The van der Waals surface area contributed by atoms with Crippen molar-refractivity contribution in [2.24, 2.45) is 0 Å². The van der Waals surface area contributed by atoms with Gasteiger partial charge in [0, 0.05) is 17.5 Å². The van der Waals surface area contributed by atoms with Gasteiger partial charge in [-0.15, -0.1) is 11.3 Å². The van der Waals surface area contributed by atoms with Crippen LogP contribution < -0.4 is 11.1 Å². The molecule has 2 aromatic heterocycles. The zero-order valence-corrected chi connectivity index (χ0v) is 18.0. The number of anilines is 1. The number of nitrogens with zero attached hydrogens (tertiary/aromatic N) is 2. The van der Waals surface area contributed by atoms with Gasteiger partial charge in [0.1, 0.15) is 0 Å². The first kappa shape index (κ1) is 22.3. The smallest absolute Gasteiger partial charge is 0.419 e. The van der Waals surface area contributed by atoms with Crippen LogP contribution in [0, 0.1) is 11.6 Å². The lowest BCUT2D eigenvalue weighted by molar-refractivity contribution is -0.153. The lowest BCUT2D eigenvalue weighted by Crippen LogP contribution is -2.30. The summed E-state index contributed by atoms with van der Waals surface area (Å²) in [4.78, 5) is 40.7. The summed E-state index contributed by atoms with van der Waals surface area (Å²) in [5.74, 6) is -3.84. The Morgan fingerprint density at radius 2 is 2.00 bits per heavy atom. The molecule has 0 saturated carbocycles. The van der Waals surface area contributed by atoms with Gasteiger partial charge in [0.2, 0.25) is 0 Å². The van der Waals surface area contributed by atoms with Crippen LogP contribution in [0.5, 0.6) is 0 Å². The van der Waals surface area contributed by atoms with Gasteiger partial charge in [0.15, 0.2) is 28.5 Å². The maximum absolute atomic E-state index is 13.4. The van der Waals surface area contributed by atoms with E-state index in [0.717, 1.165) is 23.5 Å². The number of ether oxygens (including phenoxy) is 1. The molecule has 4 aromatic rings. The minimum atomic E-state index is -1.12. The molecule has 170 valence electrons. The Morgan fingerprint density at radius 3 is 2.79 bits per heavy atom. The number of carbonyl (C=O) groups excluding carboxylic acids is 2. The number of benzene rings is 2. The molecule has 0 radical (unpaired) electrons. The first-order chi connectivity index (χ1) is 15.8. The highest BCUT2D eigenvalue weighted by Gasteiger charge is 2.20. The molecule has 33 heavy (non-hydrogen) atoms. The van der Waals surface area contributed by atoms with E-state index in [-0.39, 0.29) is 18.1 Å². The number of rotatable bonds is 7. The maximum atomic E-state index is 13.4. The summed E-state index contributed by atoms with van der Waals surface area (Å²) < 4.78 is 38.1. The Morgan fingerprint density at radius 1 is 1.21 bits per heavy atom. The van der Waals surface area contributed by atoms with Crippen LogP contribution in [-0.2, 0) is 20.9 Å². The molecule has 0 spiro atoms. The highest BCUT2D eigenvalue weighted by molar-refractivity contribution is 7.14. The van der Waals surface area contributed by atoms with Crippen molar-refractivity contribution in [2.45, 2.75) is 26.0 Å². The van der Waals surface area contributed by atoms with Crippen molar-refractivity contribution >= 4 is 39.4 Å². The molecule has 0 aliphatic carbocycles. The second-order valence-corrected chi connectivity index (χ2v) is 7.88. The van der Waals surface area contributed by atoms with Gasteiger partial charge < -0.3 is 9.15 Å². The third-order valence-electron chi connectivity index (χ3n) is 4.74. The number of hydrogen-bond donors (Lipinski definition) is 1. The van der Waals surface area contributed by atoms with E-state index >= 15 is 0 Å². The number of aromatic nitrogens is 2. The van der Waals surface area contributed by atoms with E-state index in [2.05, 4.69) is 10.3 Å². The molecular formula is C22H17F2N3O5S. The van der Waals surface area contributed by atoms with Crippen molar-refractivity contribution in [1.82, 2.24) is 9.55 Å². The van der Waals surface area contributed by atoms with Crippen LogP contribution in [-0.4, -0.2) is 27.5 Å². The highest BCUT2D eigenvalue weighted by atomic mass is 32.1. The summed E-state index contributed by atoms with van der Waals surface area (Å²) in [5, 5.41) is 4.30. The first-order valence-electron chi connectivity index (χ1n) is 9.81. The van der Waals surface area contributed by atoms with E-state index in [9.17, 15) is 23.2 Å². The number of aryl methyl sites for hydroxylation is 1. The van der Waals surface area contributed by atoms with Crippen molar-refractivity contribution in [1.29, 1.82) is 0 Å².